The molecular formula is C37H49N11O4. The van der Waals surface area contributed by atoms with Crippen LogP contribution in [0.1, 0.15) is 52.9 Å². The molecule has 15 heteroatoms. The molecule has 3 aromatic heterocycles. The van der Waals surface area contributed by atoms with E-state index in [2.05, 4.69) is 66.8 Å². The van der Waals surface area contributed by atoms with Crippen molar-refractivity contribution < 1.29 is 19.1 Å². The first-order valence-corrected chi connectivity index (χ1v) is 17.8. The van der Waals surface area contributed by atoms with Gasteiger partial charge in [0.15, 0.2) is 11.5 Å². The van der Waals surface area contributed by atoms with Crippen molar-refractivity contribution in [2.45, 2.75) is 33.1 Å². The van der Waals surface area contributed by atoms with Gasteiger partial charge in [0.25, 0.3) is 11.8 Å². The molecule has 0 spiro atoms. The molecule has 2 aliphatic heterocycles. The van der Waals surface area contributed by atoms with Gasteiger partial charge in [0, 0.05) is 98.7 Å². The molecule has 5 heterocycles. The molecule has 2 aliphatic rings. The van der Waals surface area contributed by atoms with Gasteiger partial charge in [0.1, 0.15) is 18.0 Å². The van der Waals surface area contributed by atoms with Crippen molar-refractivity contribution in [3.8, 4) is 5.82 Å². The first-order valence-electron chi connectivity index (χ1n) is 17.8. The Morgan fingerprint density at radius 3 is 2.25 bits per heavy atom. The lowest BCUT2D eigenvalue weighted by Gasteiger charge is -2.26. The second-order valence-corrected chi connectivity index (χ2v) is 14.0. The third kappa shape index (κ3) is 9.88. The highest BCUT2D eigenvalue weighted by molar-refractivity contribution is 6.04. The zero-order chi connectivity index (χ0) is 36.5. The van der Waals surface area contributed by atoms with Crippen LogP contribution in [0.4, 0.5) is 23.0 Å². The average molecular weight is 712 g/mol. The number of aromatic nitrogens is 5. The molecule has 0 saturated carbocycles. The van der Waals surface area contributed by atoms with E-state index in [1.807, 2.05) is 37.3 Å². The lowest BCUT2D eigenvalue weighted by Crippen LogP contribution is -2.41. The van der Waals surface area contributed by atoms with E-state index in [1.54, 1.807) is 23.0 Å². The largest absolute Gasteiger partial charge is 0.379 e. The van der Waals surface area contributed by atoms with Gasteiger partial charge in [-0.3, -0.25) is 24.4 Å². The molecule has 0 atom stereocenters. The quantitative estimate of drug-likeness (QED) is 0.160. The third-order valence-corrected chi connectivity index (χ3v) is 9.02. The summed E-state index contributed by atoms with van der Waals surface area (Å²) in [5.74, 6) is 1.11. The summed E-state index contributed by atoms with van der Waals surface area (Å²) in [6.45, 7) is 17.3. The number of carbonyl (C=O) groups excluding carboxylic acids is 2. The van der Waals surface area contributed by atoms with E-state index >= 15 is 0 Å². The number of ether oxygens (including phenoxy) is 2. The number of nitrogens with zero attached hydrogens (tertiary/aromatic N) is 7. The van der Waals surface area contributed by atoms with Gasteiger partial charge in [-0.2, -0.15) is 9.78 Å². The second kappa shape index (κ2) is 17.0. The minimum atomic E-state index is -0.294. The molecule has 15 nitrogen and oxygen atoms in total. The lowest BCUT2D eigenvalue weighted by molar-refractivity contribution is 0.0383. The SMILES string of the molecule is Cc1ccc(NC(=O)c2ccnc(C(C)(C)C)c2)cc1Nc1cc(C(=O)NCCN2CCOCC2)nn1-c1cc(NCCN2CCOCC2)ncn1. The van der Waals surface area contributed by atoms with Crippen LogP contribution in [0.15, 0.2) is 55.0 Å². The summed E-state index contributed by atoms with van der Waals surface area (Å²) in [4.78, 5) is 44.7. The molecule has 4 N–H and O–H groups in total. The Kier molecular flexibility index (Phi) is 12.1. The highest BCUT2D eigenvalue weighted by Crippen LogP contribution is 2.28. The number of anilines is 4. The number of nitrogens with one attached hydrogen (secondary N) is 4. The highest BCUT2D eigenvalue weighted by atomic mass is 16.5. The topological polar surface area (TPSA) is 164 Å². The van der Waals surface area contributed by atoms with Crippen LogP contribution in [-0.2, 0) is 14.9 Å². The van der Waals surface area contributed by atoms with Crippen LogP contribution in [0.5, 0.6) is 0 Å². The molecule has 6 rings (SSSR count). The predicted octanol–water partition coefficient (Wildman–Crippen LogP) is 3.47. The molecule has 0 unspecified atom stereocenters. The van der Waals surface area contributed by atoms with E-state index in [-0.39, 0.29) is 22.9 Å². The number of benzene rings is 1. The summed E-state index contributed by atoms with van der Waals surface area (Å²) in [6.07, 6.45) is 3.14. The molecule has 2 fully saturated rings. The molecular weight excluding hydrogens is 662 g/mol. The number of pyridine rings is 1. The molecule has 52 heavy (non-hydrogen) atoms. The Balaban J connectivity index is 1.21. The van der Waals surface area contributed by atoms with Crippen LogP contribution >= 0.6 is 0 Å². The Morgan fingerprint density at radius 2 is 1.54 bits per heavy atom. The van der Waals surface area contributed by atoms with Crippen LogP contribution in [0, 0.1) is 6.92 Å². The fraction of sp³-hybridized carbons (Fsp3) is 0.459. The zero-order valence-electron chi connectivity index (χ0n) is 30.4. The molecule has 276 valence electrons. The van der Waals surface area contributed by atoms with E-state index in [4.69, 9.17) is 14.6 Å². The normalized spacial score (nSPS) is 15.6. The minimum Gasteiger partial charge on any atom is -0.379 e. The molecule has 2 amide bonds. The number of carbonyl (C=O) groups is 2. The number of hydrogen-bond acceptors (Lipinski definition) is 12. The van der Waals surface area contributed by atoms with E-state index in [0.29, 0.717) is 55.0 Å². The maximum Gasteiger partial charge on any atom is 0.271 e. The van der Waals surface area contributed by atoms with Gasteiger partial charge in [-0.05, 0) is 36.8 Å². The zero-order valence-corrected chi connectivity index (χ0v) is 30.4. The summed E-state index contributed by atoms with van der Waals surface area (Å²) in [5.41, 5.74) is 3.65. The van der Waals surface area contributed by atoms with Crippen molar-refractivity contribution in [3.63, 3.8) is 0 Å². The van der Waals surface area contributed by atoms with Crippen LogP contribution in [0.2, 0.25) is 0 Å². The van der Waals surface area contributed by atoms with Crippen LogP contribution in [-0.4, -0.2) is 125 Å². The third-order valence-electron chi connectivity index (χ3n) is 9.02. The number of morpholine rings is 2. The summed E-state index contributed by atoms with van der Waals surface area (Å²) >= 11 is 0. The molecule has 0 radical (unpaired) electrons. The van der Waals surface area contributed by atoms with Gasteiger partial charge in [-0.25, -0.2) is 9.97 Å². The number of amides is 2. The monoisotopic (exact) mass is 711 g/mol. The van der Waals surface area contributed by atoms with Crippen LogP contribution < -0.4 is 21.3 Å². The fourth-order valence-electron chi connectivity index (χ4n) is 5.88. The van der Waals surface area contributed by atoms with Gasteiger partial charge >= 0.3 is 0 Å². The average Bonchev–Trinajstić information content (AvgIpc) is 3.57. The predicted molar refractivity (Wildman–Crippen MR) is 200 cm³/mol. The smallest absolute Gasteiger partial charge is 0.271 e. The number of aryl methyl sites for hydroxylation is 1. The minimum absolute atomic E-state index is 0.192. The van der Waals surface area contributed by atoms with Gasteiger partial charge < -0.3 is 30.7 Å². The lowest BCUT2D eigenvalue weighted by atomic mass is 9.91. The molecule has 0 aliphatic carbocycles. The Labute approximate surface area is 304 Å². The van der Waals surface area contributed by atoms with Crippen molar-refractivity contribution in [2.24, 2.45) is 0 Å². The fourth-order valence-corrected chi connectivity index (χ4v) is 5.88. The highest BCUT2D eigenvalue weighted by Gasteiger charge is 2.20. The van der Waals surface area contributed by atoms with E-state index in [0.717, 1.165) is 69.4 Å². The van der Waals surface area contributed by atoms with E-state index in [9.17, 15) is 9.59 Å². The van der Waals surface area contributed by atoms with Crippen molar-refractivity contribution in [2.75, 3.05) is 94.7 Å². The van der Waals surface area contributed by atoms with Crippen molar-refractivity contribution in [1.29, 1.82) is 0 Å². The van der Waals surface area contributed by atoms with E-state index in [1.165, 1.54) is 6.33 Å². The van der Waals surface area contributed by atoms with E-state index < -0.39 is 0 Å². The molecule has 4 aromatic rings. The van der Waals surface area contributed by atoms with Crippen LogP contribution in [0.3, 0.4) is 0 Å². The van der Waals surface area contributed by atoms with Crippen molar-refractivity contribution >= 4 is 34.8 Å². The van der Waals surface area contributed by atoms with Crippen LogP contribution in [0.25, 0.3) is 5.82 Å². The number of rotatable bonds is 13. The van der Waals surface area contributed by atoms with Gasteiger partial charge in [-0.1, -0.05) is 26.8 Å². The standard InChI is InChI=1S/C37H49N11O4/c1-26-5-6-28(43-35(49)27-7-8-38-31(21-27)37(2,3)4)22-29(26)44-34-23-30(36(50)40-10-12-47-15-19-52-20-16-47)45-48(34)33-24-32(41-25-42-33)39-9-11-46-13-17-51-18-14-46/h5-8,21-25,44H,9-20H2,1-4H3,(H,40,50)(H,43,49)(H,39,41,42). The molecule has 0 bridgehead atoms. The van der Waals surface area contributed by atoms with Gasteiger partial charge in [-0.15, -0.1) is 0 Å². The summed E-state index contributed by atoms with van der Waals surface area (Å²) in [5, 5.41) is 17.6. The second-order valence-electron chi connectivity index (χ2n) is 14.0. The van der Waals surface area contributed by atoms with Crippen molar-refractivity contribution in [3.05, 3.63) is 77.5 Å². The Hall–Kier alpha value is -4.96. The molecule has 2 saturated heterocycles. The number of hydrogen-bond donors (Lipinski definition) is 4. The summed E-state index contributed by atoms with van der Waals surface area (Å²) < 4.78 is 12.5. The first-order chi connectivity index (χ1) is 25.1. The van der Waals surface area contributed by atoms with Gasteiger partial charge in [0.2, 0.25) is 0 Å². The first kappa shape index (κ1) is 36.8. The maximum atomic E-state index is 13.4. The van der Waals surface area contributed by atoms with Crippen molar-refractivity contribution in [1.82, 2.24) is 39.8 Å². The Morgan fingerprint density at radius 1 is 0.827 bits per heavy atom. The Bertz CT molecular complexity index is 1830. The maximum absolute atomic E-state index is 13.4. The molecule has 1 aromatic carbocycles. The summed E-state index contributed by atoms with van der Waals surface area (Å²) in [6, 6.07) is 12.7. The summed E-state index contributed by atoms with van der Waals surface area (Å²) in [7, 11) is 0. The van der Waals surface area contributed by atoms with Gasteiger partial charge in [0.05, 0.1) is 26.4 Å².